The van der Waals surface area contributed by atoms with E-state index in [1.807, 2.05) is 7.05 Å². The van der Waals surface area contributed by atoms with Crippen LogP contribution in [-0.2, 0) is 19.3 Å². The zero-order valence-corrected chi connectivity index (χ0v) is 11.7. The second-order valence-corrected chi connectivity index (χ2v) is 5.40. The number of fused-ring (bicyclic) bond motifs is 1. The van der Waals surface area contributed by atoms with Gasteiger partial charge in [-0.1, -0.05) is 18.2 Å². The Morgan fingerprint density at radius 2 is 2.05 bits per heavy atom. The minimum atomic E-state index is -0.291. The van der Waals surface area contributed by atoms with E-state index >= 15 is 0 Å². The maximum Gasteiger partial charge on any atom is 0.141 e. The lowest BCUT2D eigenvalue weighted by Crippen LogP contribution is -2.20. The highest BCUT2D eigenvalue weighted by Gasteiger charge is 2.15. The third-order valence-corrected chi connectivity index (χ3v) is 4.06. The SMILES string of the molecule is CNC(Cc1ccc2c(c1)CCC2)c1ccc(F)cn1. The molecule has 20 heavy (non-hydrogen) atoms. The predicted molar refractivity (Wildman–Crippen MR) is 78.2 cm³/mol. The van der Waals surface area contributed by atoms with Crippen LogP contribution < -0.4 is 5.32 Å². The molecule has 0 radical (unpaired) electrons. The van der Waals surface area contributed by atoms with Crippen molar-refractivity contribution in [2.45, 2.75) is 31.7 Å². The Morgan fingerprint density at radius 1 is 1.20 bits per heavy atom. The van der Waals surface area contributed by atoms with Gasteiger partial charge in [-0.3, -0.25) is 4.98 Å². The molecule has 0 amide bonds. The van der Waals surface area contributed by atoms with Crippen molar-refractivity contribution in [1.82, 2.24) is 10.3 Å². The van der Waals surface area contributed by atoms with Crippen molar-refractivity contribution in [3.63, 3.8) is 0 Å². The molecule has 0 aliphatic heterocycles. The monoisotopic (exact) mass is 270 g/mol. The molecule has 2 nitrogen and oxygen atoms in total. The molecule has 0 spiro atoms. The van der Waals surface area contributed by atoms with Gasteiger partial charge in [0.05, 0.1) is 17.9 Å². The Bertz CT molecular complexity index is 592. The molecule has 1 unspecified atom stereocenters. The minimum absolute atomic E-state index is 0.120. The van der Waals surface area contributed by atoms with Gasteiger partial charge in [-0.2, -0.15) is 0 Å². The number of halogens is 1. The van der Waals surface area contributed by atoms with Gasteiger partial charge in [-0.15, -0.1) is 0 Å². The number of pyridine rings is 1. The molecule has 104 valence electrons. The van der Waals surface area contributed by atoms with Gasteiger partial charge in [-0.25, -0.2) is 4.39 Å². The van der Waals surface area contributed by atoms with E-state index < -0.39 is 0 Å². The maximum absolute atomic E-state index is 12.9. The number of aryl methyl sites for hydroxylation is 2. The molecule has 0 fully saturated rings. The molecule has 1 heterocycles. The first-order valence-corrected chi connectivity index (χ1v) is 7.15. The zero-order valence-electron chi connectivity index (χ0n) is 11.7. The van der Waals surface area contributed by atoms with E-state index in [0.717, 1.165) is 12.1 Å². The van der Waals surface area contributed by atoms with Gasteiger partial charge in [0.2, 0.25) is 0 Å². The van der Waals surface area contributed by atoms with E-state index in [1.165, 1.54) is 48.2 Å². The van der Waals surface area contributed by atoms with E-state index in [1.54, 1.807) is 6.07 Å². The van der Waals surface area contributed by atoms with Crippen LogP contribution in [0.3, 0.4) is 0 Å². The fourth-order valence-corrected chi connectivity index (χ4v) is 2.94. The number of nitrogens with zero attached hydrogens (tertiary/aromatic N) is 1. The number of likely N-dealkylation sites (N-methyl/N-ethyl adjacent to an activating group) is 1. The van der Waals surface area contributed by atoms with Crippen molar-refractivity contribution in [3.8, 4) is 0 Å². The highest BCUT2D eigenvalue weighted by Crippen LogP contribution is 2.25. The van der Waals surface area contributed by atoms with Gasteiger partial charge in [0, 0.05) is 0 Å². The van der Waals surface area contributed by atoms with Gasteiger partial charge in [0.25, 0.3) is 0 Å². The van der Waals surface area contributed by atoms with Crippen LogP contribution in [0.15, 0.2) is 36.5 Å². The van der Waals surface area contributed by atoms with Crippen molar-refractivity contribution < 1.29 is 4.39 Å². The summed E-state index contributed by atoms with van der Waals surface area (Å²) in [7, 11) is 1.92. The second kappa shape index (κ2) is 5.71. The fourth-order valence-electron chi connectivity index (χ4n) is 2.94. The molecular formula is C17H19FN2. The third-order valence-electron chi connectivity index (χ3n) is 4.06. The molecule has 0 saturated carbocycles. The second-order valence-electron chi connectivity index (χ2n) is 5.40. The van der Waals surface area contributed by atoms with Gasteiger partial charge in [0.1, 0.15) is 5.82 Å². The van der Waals surface area contributed by atoms with E-state index in [-0.39, 0.29) is 11.9 Å². The summed E-state index contributed by atoms with van der Waals surface area (Å²) in [6.45, 7) is 0. The molecule has 3 heteroatoms. The number of rotatable bonds is 4. The Hall–Kier alpha value is -1.74. The van der Waals surface area contributed by atoms with Crippen LogP contribution in [0.4, 0.5) is 4.39 Å². The van der Waals surface area contributed by atoms with Crippen molar-refractivity contribution in [2.24, 2.45) is 0 Å². The van der Waals surface area contributed by atoms with Gasteiger partial charge in [0.15, 0.2) is 0 Å². The summed E-state index contributed by atoms with van der Waals surface area (Å²) >= 11 is 0. The summed E-state index contributed by atoms with van der Waals surface area (Å²) in [4.78, 5) is 4.18. The largest absolute Gasteiger partial charge is 0.311 e. The molecule has 1 atom stereocenters. The van der Waals surface area contributed by atoms with Crippen molar-refractivity contribution in [3.05, 3.63) is 64.7 Å². The van der Waals surface area contributed by atoms with Gasteiger partial charge in [-0.05, 0) is 61.6 Å². The number of hydrogen-bond donors (Lipinski definition) is 1. The number of aromatic nitrogens is 1. The Balaban J connectivity index is 1.79. The summed E-state index contributed by atoms with van der Waals surface area (Å²) in [5, 5.41) is 3.27. The lowest BCUT2D eigenvalue weighted by atomic mass is 9.99. The van der Waals surface area contributed by atoms with Crippen LogP contribution in [0.5, 0.6) is 0 Å². The minimum Gasteiger partial charge on any atom is -0.311 e. The molecule has 1 aromatic heterocycles. The molecule has 1 aliphatic carbocycles. The molecule has 3 rings (SSSR count). The van der Waals surface area contributed by atoms with Crippen LogP contribution >= 0.6 is 0 Å². The summed E-state index contributed by atoms with van der Waals surface area (Å²) in [5.41, 5.74) is 5.18. The smallest absolute Gasteiger partial charge is 0.141 e. The molecule has 1 N–H and O–H groups in total. The highest BCUT2D eigenvalue weighted by atomic mass is 19.1. The molecular weight excluding hydrogens is 251 g/mol. The fraction of sp³-hybridized carbons (Fsp3) is 0.353. The lowest BCUT2D eigenvalue weighted by molar-refractivity contribution is 0.565. The van der Waals surface area contributed by atoms with Crippen LogP contribution in [-0.4, -0.2) is 12.0 Å². The Kier molecular flexibility index (Phi) is 3.79. The molecule has 0 bridgehead atoms. The van der Waals surface area contributed by atoms with Crippen molar-refractivity contribution in [1.29, 1.82) is 0 Å². The Morgan fingerprint density at radius 3 is 2.80 bits per heavy atom. The normalized spacial score (nSPS) is 15.1. The van der Waals surface area contributed by atoms with Gasteiger partial charge >= 0.3 is 0 Å². The summed E-state index contributed by atoms with van der Waals surface area (Å²) in [5.74, 6) is -0.291. The van der Waals surface area contributed by atoms with E-state index in [9.17, 15) is 4.39 Å². The topological polar surface area (TPSA) is 24.9 Å². The maximum atomic E-state index is 12.9. The third kappa shape index (κ3) is 2.73. The predicted octanol–water partition coefficient (Wildman–Crippen LogP) is 3.21. The van der Waals surface area contributed by atoms with E-state index in [2.05, 4.69) is 28.5 Å². The average molecular weight is 270 g/mol. The van der Waals surface area contributed by atoms with Crippen LogP contribution in [0, 0.1) is 5.82 Å². The first-order valence-electron chi connectivity index (χ1n) is 7.15. The summed E-state index contributed by atoms with van der Waals surface area (Å²) in [6, 6.07) is 10.1. The Labute approximate surface area is 119 Å². The van der Waals surface area contributed by atoms with E-state index in [4.69, 9.17) is 0 Å². The summed E-state index contributed by atoms with van der Waals surface area (Å²) < 4.78 is 12.9. The molecule has 2 aromatic rings. The lowest BCUT2D eigenvalue weighted by Gasteiger charge is -2.16. The summed E-state index contributed by atoms with van der Waals surface area (Å²) in [6.07, 6.45) is 5.84. The molecule has 1 aromatic carbocycles. The standard InChI is InChI=1S/C17H19FN2/c1-19-17(16-8-7-15(18)11-20-16)10-12-5-6-13-3-2-4-14(13)9-12/h5-9,11,17,19H,2-4,10H2,1H3. The van der Waals surface area contributed by atoms with Crippen LogP contribution in [0.1, 0.15) is 34.8 Å². The number of benzene rings is 1. The number of nitrogens with one attached hydrogen (secondary N) is 1. The molecule has 1 aliphatic rings. The van der Waals surface area contributed by atoms with Crippen molar-refractivity contribution in [2.75, 3.05) is 7.05 Å². The van der Waals surface area contributed by atoms with Crippen LogP contribution in [0.25, 0.3) is 0 Å². The number of hydrogen-bond acceptors (Lipinski definition) is 2. The first-order chi connectivity index (χ1) is 9.76. The average Bonchev–Trinajstić information content (AvgIpc) is 2.93. The van der Waals surface area contributed by atoms with Crippen molar-refractivity contribution >= 4 is 0 Å². The quantitative estimate of drug-likeness (QED) is 0.922. The first kappa shape index (κ1) is 13.3. The highest BCUT2D eigenvalue weighted by molar-refractivity contribution is 5.36. The van der Waals surface area contributed by atoms with Gasteiger partial charge < -0.3 is 5.32 Å². The molecule has 0 saturated heterocycles. The van der Waals surface area contributed by atoms with E-state index in [0.29, 0.717) is 0 Å². The van der Waals surface area contributed by atoms with Crippen LogP contribution in [0.2, 0.25) is 0 Å². The zero-order chi connectivity index (χ0) is 13.9.